The van der Waals surface area contributed by atoms with Gasteiger partial charge in [0.15, 0.2) is 0 Å². The van der Waals surface area contributed by atoms with Crippen LogP contribution in [0.4, 0.5) is 0 Å². The van der Waals surface area contributed by atoms with Gasteiger partial charge in [-0.2, -0.15) is 0 Å². The molecule has 1 aromatic rings. The lowest BCUT2D eigenvalue weighted by Crippen LogP contribution is -2.41. The van der Waals surface area contributed by atoms with E-state index in [4.69, 9.17) is 5.11 Å². The minimum absolute atomic E-state index is 0.169. The Balaban J connectivity index is 3.01. The molecule has 0 heterocycles. The van der Waals surface area contributed by atoms with Crippen LogP contribution in [0.5, 0.6) is 0 Å². The summed E-state index contributed by atoms with van der Waals surface area (Å²) in [6.45, 7) is 7.98. The zero-order valence-electron chi connectivity index (χ0n) is 12.6. The van der Waals surface area contributed by atoms with Crippen LogP contribution in [0, 0.1) is 0 Å². The van der Waals surface area contributed by atoms with Crippen LogP contribution in [0.2, 0.25) is 0 Å². The Labute approximate surface area is 120 Å². The molecule has 1 atom stereocenters. The van der Waals surface area contributed by atoms with Crippen molar-refractivity contribution in [2.24, 2.45) is 0 Å². The fourth-order valence-corrected chi connectivity index (χ4v) is 2.12. The highest BCUT2D eigenvalue weighted by atomic mass is 16.4. The number of nitrogens with one attached hydrogen (secondary N) is 1. The van der Waals surface area contributed by atoms with Crippen molar-refractivity contribution in [1.29, 1.82) is 0 Å². The van der Waals surface area contributed by atoms with E-state index in [1.165, 1.54) is 0 Å². The first-order valence-electron chi connectivity index (χ1n) is 6.90. The molecule has 0 aliphatic rings. The van der Waals surface area contributed by atoms with Crippen molar-refractivity contribution in [1.82, 2.24) is 5.32 Å². The molecule has 110 valence electrons. The quantitative estimate of drug-likeness (QED) is 0.869. The third-order valence-electron chi connectivity index (χ3n) is 3.16. The summed E-state index contributed by atoms with van der Waals surface area (Å²) in [5.41, 5.74) is 1.29. The molecule has 0 aromatic heterocycles. The number of hydrogen-bond acceptors (Lipinski definition) is 2. The van der Waals surface area contributed by atoms with E-state index in [2.05, 4.69) is 5.32 Å². The number of amides is 1. The first kappa shape index (κ1) is 16.2. The number of hydrogen-bond donors (Lipinski definition) is 2. The van der Waals surface area contributed by atoms with Crippen LogP contribution in [0.15, 0.2) is 24.3 Å². The van der Waals surface area contributed by atoms with Crippen molar-refractivity contribution in [3.05, 3.63) is 35.4 Å². The molecule has 0 saturated heterocycles. The van der Waals surface area contributed by atoms with Gasteiger partial charge in [0.1, 0.15) is 6.04 Å². The second kappa shape index (κ2) is 6.55. The molecule has 4 heteroatoms. The van der Waals surface area contributed by atoms with Crippen molar-refractivity contribution in [3.8, 4) is 0 Å². The maximum atomic E-state index is 12.3. The Kier molecular flexibility index (Phi) is 5.31. The van der Waals surface area contributed by atoms with Crippen LogP contribution in [-0.4, -0.2) is 23.0 Å². The number of carboxylic acid groups (broad SMARTS) is 1. The molecule has 0 radical (unpaired) electrons. The molecule has 1 rings (SSSR count). The van der Waals surface area contributed by atoms with Crippen molar-refractivity contribution in [2.45, 2.75) is 52.0 Å². The SMILES string of the molecule is CCCC(NC(=O)c1ccccc1C(C)(C)C)C(=O)O. The number of carbonyl (C=O) groups is 2. The van der Waals surface area contributed by atoms with E-state index >= 15 is 0 Å². The van der Waals surface area contributed by atoms with Gasteiger partial charge in [0.25, 0.3) is 5.91 Å². The monoisotopic (exact) mass is 277 g/mol. The molecule has 0 aliphatic carbocycles. The highest BCUT2D eigenvalue weighted by molar-refractivity contribution is 5.98. The van der Waals surface area contributed by atoms with Crippen LogP contribution in [0.25, 0.3) is 0 Å². The summed E-state index contributed by atoms with van der Waals surface area (Å²) in [6, 6.07) is 6.49. The fourth-order valence-electron chi connectivity index (χ4n) is 2.12. The van der Waals surface area contributed by atoms with E-state index in [1.54, 1.807) is 12.1 Å². The summed E-state index contributed by atoms with van der Waals surface area (Å²) < 4.78 is 0. The predicted molar refractivity (Wildman–Crippen MR) is 78.9 cm³/mol. The number of carboxylic acids is 1. The Morgan fingerprint density at radius 2 is 1.85 bits per heavy atom. The number of rotatable bonds is 5. The molecule has 2 N–H and O–H groups in total. The standard InChI is InChI=1S/C16H23NO3/c1-5-8-13(15(19)20)17-14(18)11-9-6-7-10-12(11)16(2,3)4/h6-7,9-10,13H,5,8H2,1-4H3,(H,17,18)(H,19,20). The predicted octanol–water partition coefficient (Wildman–Crippen LogP) is 2.97. The molecule has 1 aromatic carbocycles. The Morgan fingerprint density at radius 1 is 1.25 bits per heavy atom. The molecule has 0 aliphatic heterocycles. The van der Waals surface area contributed by atoms with E-state index in [1.807, 2.05) is 39.8 Å². The summed E-state index contributed by atoms with van der Waals surface area (Å²) >= 11 is 0. The molecule has 1 amide bonds. The van der Waals surface area contributed by atoms with Gasteiger partial charge in [-0.3, -0.25) is 4.79 Å². The smallest absolute Gasteiger partial charge is 0.326 e. The maximum Gasteiger partial charge on any atom is 0.326 e. The van der Waals surface area contributed by atoms with Gasteiger partial charge in [0, 0.05) is 5.56 Å². The minimum Gasteiger partial charge on any atom is -0.480 e. The van der Waals surface area contributed by atoms with Gasteiger partial charge in [0.05, 0.1) is 0 Å². The van der Waals surface area contributed by atoms with E-state index < -0.39 is 12.0 Å². The summed E-state index contributed by atoms with van der Waals surface area (Å²) in [6.07, 6.45) is 1.14. The summed E-state index contributed by atoms with van der Waals surface area (Å²) in [5, 5.41) is 11.7. The van der Waals surface area contributed by atoms with Gasteiger partial charge >= 0.3 is 5.97 Å². The second-order valence-corrected chi connectivity index (χ2v) is 5.95. The first-order valence-corrected chi connectivity index (χ1v) is 6.90. The molecular formula is C16H23NO3. The lowest BCUT2D eigenvalue weighted by atomic mass is 9.83. The van der Waals surface area contributed by atoms with Gasteiger partial charge in [-0.05, 0) is 23.5 Å². The Morgan fingerprint density at radius 3 is 2.35 bits per heavy atom. The molecule has 20 heavy (non-hydrogen) atoms. The van der Waals surface area contributed by atoms with Gasteiger partial charge in [0.2, 0.25) is 0 Å². The van der Waals surface area contributed by atoms with Gasteiger partial charge in [-0.15, -0.1) is 0 Å². The summed E-state index contributed by atoms with van der Waals surface area (Å²) in [4.78, 5) is 23.5. The Bertz CT molecular complexity index is 489. The van der Waals surface area contributed by atoms with Crippen molar-refractivity contribution in [3.63, 3.8) is 0 Å². The topological polar surface area (TPSA) is 66.4 Å². The highest BCUT2D eigenvalue weighted by Gasteiger charge is 2.24. The summed E-state index contributed by atoms with van der Waals surface area (Å²) in [7, 11) is 0. The van der Waals surface area contributed by atoms with Gasteiger partial charge < -0.3 is 10.4 Å². The van der Waals surface area contributed by atoms with E-state index in [0.717, 1.165) is 5.56 Å². The molecule has 0 saturated carbocycles. The number of aliphatic carboxylic acids is 1. The van der Waals surface area contributed by atoms with Crippen LogP contribution in [0.3, 0.4) is 0 Å². The second-order valence-electron chi connectivity index (χ2n) is 5.95. The zero-order valence-corrected chi connectivity index (χ0v) is 12.6. The van der Waals surface area contributed by atoms with Gasteiger partial charge in [-0.1, -0.05) is 52.3 Å². The lowest BCUT2D eigenvalue weighted by molar-refractivity contribution is -0.139. The molecule has 1 unspecified atom stereocenters. The molecule has 4 nitrogen and oxygen atoms in total. The highest BCUT2D eigenvalue weighted by Crippen LogP contribution is 2.25. The van der Waals surface area contributed by atoms with Crippen LogP contribution in [0.1, 0.15) is 56.5 Å². The van der Waals surface area contributed by atoms with Crippen LogP contribution >= 0.6 is 0 Å². The lowest BCUT2D eigenvalue weighted by Gasteiger charge is -2.23. The first-order chi connectivity index (χ1) is 9.27. The van der Waals surface area contributed by atoms with E-state index in [-0.39, 0.29) is 11.3 Å². The van der Waals surface area contributed by atoms with Crippen LogP contribution < -0.4 is 5.32 Å². The summed E-state index contributed by atoms with van der Waals surface area (Å²) in [5.74, 6) is -1.31. The normalized spacial score (nSPS) is 12.8. The fraction of sp³-hybridized carbons (Fsp3) is 0.500. The van der Waals surface area contributed by atoms with Crippen molar-refractivity contribution in [2.75, 3.05) is 0 Å². The zero-order chi connectivity index (χ0) is 15.3. The molecule has 0 bridgehead atoms. The number of carbonyl (C=O) groups excluding carboxylic acids is 1. The van der Waals surface area contributed by atoms with E-state index in [0.29, 0.717) is 18.4 Å². The molecular weight excluding hydrogens is 254 g/mol. The molecule has 0 spiro atoms. The van der Waals surface area contributed by atoms with Crippen molar-refractivity contribution < 1.29 is 14.7 Å². The minimum atomic E-state index is -0.992. The van der Waals surface area contributed by atoms with Crippen molar-refractivity contribution >= 4 is 11.9 Å². The van der Waals surface area contributed by atoms with Crippen LogP contribution in [-0.2, 0) is 10.2 Å². The average Bonchev–Trinajstić information content (AvgIpc) is 2.37. The molecule has 0 fully saturated rings. The third-order valence-corrected chi connectivity index (χ3v) is 3.16. The average molecular weight is 277 g/mol. The maximum absolute atomic E-state index is 12.3. The third kappa shape index (κ3) is 4.08. The number of benzene rings is 1. The van der Waals surface area contributed by atoms with Gasteiger partial charge in [-0.25, -0.2) is 4.79 Å². The largest absolute Gasteiger partial charge is 0.480 e. The van der Waals surface area contributed by atoms with E-state index in [9.17, 15) is 9.59 Å². The Hall–Kier alpha value is -1.84.